The fraction of sp³-hybridized carbons (Fsp3) is 0.231. The first-order chi connectivity index (χ1) is 8.49. The molecule has 0 aliphatic rings. The zero-order valence-electron chi connectivity index (χ0n) is 10.1. The fourth-order valence-corrected chi connectivity index (χ4v) is 2.34. The monoisotopic (exact) mass is 308 g/mol. The molecule has 0 saturated carbocycles. The third kappa shape index (κ3) is 2.46. The van der Waals surface area contributed by atoms with Gasteiger partial charge in [-0.15, -0.1) is 0 Å². The Morgan fingerprint density at radius 2 is 2.22 bits per heavy atom. The van der Waals surface area contributed by atoms with Crippen molar-refractivity contribution in [1.82, 2.24) is 9.55 Å². The van der Waals surface area contributed by atoms with Crippen molar-refractivity contribution in [2.45, 2.75) is 13.3 Å². The summed E-state index contributed by atoms with van der Waals surface area (Å²) in [6.45, 7) is 1.83. The highest BCUT2D eigenvalue weighted by Gasteiger charge is 2.15. The number of rotatable bonds is 3. The van der Waals surface area contributed by atoms with Gasteiger partial charge in [0.2, 0.25) is 0 Å². The van der Waals surface area contributed by atoms with Crippen LogP contribution < -0.4 is 0 Å². The van der Waals surface area contributed by atoms with Crippen molar-refractivity contribution in [2.24, 2.45) is 7.05 Å². The Labute approximate surface area is 113 Å². The van der Waals surface area contributed by atoms with Gasteiger partial charge in [-0.3, -0.25) is 4.79 Å². The number of carbonyl (C=O) groups is 1. The van der Waals surface area contributed by atoms with Gasteiger partial charge in [-0.25, -0.2) is 4.98 Å². The number of aliphatic carboxylic acids is 1. The van der Waals surface area contributed by atoms with E-state index in [9.17, 15) is 4.79 Å². The Bertz CT molecular complexity index is 605. The van der Waals surface area contributed by atoms with Gasteiger partial charge in [0, 0.05) is 17.1 Å². The van der Waals surface area contributed by atoms with Crippen molar-refractivity contribution in [2.75, 3.05) is 0 Å². The number of hydrogen-bond donors (Lipinski definition) is 1. The van der Waals surface area contributed by atoms with Gasteiger partial charge in [0.05, 0.1) is 17.8 Å². The summed E-state index contributed by atoms with van der Waals surface area (Å²) in [5.74, 6) is -0.0630. The van der Waals surface area contributed by atoms with E-state index in [1.54, 1.807) is 0 Å². The minimum atomic E-state index is -0.845. The lowest BCUT2D eigenvalue weighted by molar-refractivity contribution is -0.136. The first-order valence-corrected chi connectivity index (χ1v) is 6.28. The van der Waals surface area contributed by atoms with Crippen LogP contribution in [0.4, 0.5) is 0 Å². The summed E-state index contributed by atoms with van der Waals surface area (Å²) in [4.78, 5) is 15.3. The van der Waals surface area contributed by atoms with E-state index in [2.05, 4.69) is 20.9 Å². The molecule has 0 spiro atoms. The predicted molar refractivity (Wildman–Crippen MR) is 72.4 cm³/mol. The molecular weight excluding hydrogens is 296 g/mol. The van der Waals surface area contributed by atoms with Crippen LogP contribution in [0.5, 0.6) is 0 Å². The molecule has 0 saturated heterocycles. The Kier molecular flexibility index (Phi) is 3.52. The number of aryl methyl sites for hydroxylation is 1. The van der Waals surface area contributed by atoms with Crippen molar-refractivity contribution in [1.29, 1.82) is 0 Å². The van der Waals surface area contributed by atoms with Crippen LogP contribution in [0.1, 0.15) is 11.4 Å². The standard InChI is InChI=1S/C13H13BrN2O2/c1-8-11(7-12(17)18)16(2)13(15-8)9-4-3-5-10(14)6-9/h3-6H,7H2,1-2H3,(H,17,18). The summed E-state index contributed by atoms with van der Waals surface area (Å²) in [5.41, 5.74) is 2.46. The normalized spacial score (nSPS) is 10.6. The van der Waals surface area contributed by atoms with E-state index < -0.39 is 5.97 Å². The van der Waals surface area contributed by atoms with E-state index in [0.29, 0.717) is 0 Å². The van der Waals surface area contributed by atoms with Crippen molar-refractivity contribution in [3.8, 4) is 11.4 Å². The van der Waals surface area contributed by atoms with Gasteiger partial charge in [0.1, 0.15) is 5.82 Å². The SMILES string of the molecule is Cc1nc(-c2cccc(Br)c2)n(C)c1CC(=O)O. The van der Waals surface area contributed by atoms with Crippen LogP contribution in [-0.4, -0.2) is 20.6 Å². The zero-order chi connectivity index (χ0) is 13.3. The van der Waals surface area contributed by atoms with E-state index in [1.807, 2.05) is 42.8 Å². The second kappa shape index (κ2) is 4.94. The molecule has 2 aromatic rings. The lowest BCUT2D eigenvalue weighted by Gasteiger charge is -2.05. The molecule has 0 amide bonds. The van der Waals surface area contributed by atoms with Crippen LogP contribution >= 0.6 is 15.9 Å². The van der Waals surface area contributed by atoms with Gasteiger partial charge >= 0.3 is 5.97 Å². The third-order valence-corrected chi connectivity index (χ3v) is 3.31. The fourth-order valence-electron chi connectivity index (χ4n) is 1.94. The Morgan fingerprint density at radius 1 is 1.50 bits per heavy atom. The molecule has 1 aromatic heterocycles. The topological polar surface area (TPSA) is 55.1 Å². The van der Waals surface area contributed by atoms with Gasteiger partial charge in [0.15, 0.2) is 0 Å². The van der Waals surface area contributed by atoms with Crippen LogP contribution in [0.25, 0.3) is 11.4 Å². The van der Waals surface area contributed by atoms with Crippen molar-refractivity contribution in [3.05, 3.63) is 40.1 Å². The zero-order valence-corrected chi connectivity index (χ0v) is 11.7. The summed E-state index contributed by atoms with van der Waals surface area (Å²) in [5, 5.41) is 8.89. The van der Waals surface area contributed by atoms with Gasteiger partial charge in [-0.2, -0.15) is 0 Å². The van der Waals surface area contributed by atoms with Crippen LogP contribution in [-0.2, 0) is 18.3 Å². The molecule has 94 valence electrons. The molecular formula is C13H13BrN2O2. The largest absolute Gasteiger partial charge is 0.481 e. The number of benzene rings is 1. The average Bonchev–Trinajstić information content (AvgIpc) is 2.56. The molecule has 18 heavy (non-hydrogen) atoms. The number of carboxylic acids is 1. The highest BCUT2D eigenvalue weighted by molar-refractivity contribution is 9.10. The first kappa shape index (κ1) is 12.8. The van der Waals surface area contributed by atoms with E-state index >= 15 is 0 Å². The van der Waals surface area contributed by atoms with E-state index in [-0.39, 0.29) is 6.42 Å². The summed E-state index contributed by atoms with van der Waals surface area (Å²) in [6.07, 6.45) is -0.0106. The van der Waals surface area contributed by atoms with Gasteiger partial charge < -0.3 is 9.67 Å². The number of hydrogen-bond acceptors (Lipinski definition) is 2. The third-order valence-electron chi connectivity index (χ3n) is 2.82. The van der Waals surface area contributed by atoms with Crippen molar-refractivity contribution < 1.29 is 9.90 Å². The molecule has 2 rings (SSSR count). The highest BCUT2D eigenvalue weighted by atomic mass is 79.9. The summed E-state index contributed by atoms with van der Waals surface area (Å²) in [7, 11) is 1.84. The second-order valence-corrected chi connectivity index (χ2v) is 5.02. The molecule has 5 heteroatoms. The average molecular weight is 309 g/mol. The molecule has 1 heterocycles. The second-order valence-electron chi connectivity index (χ2n) is 4.11. The number of halogens is 1. The number of nitrogens with zero attached hydrogens (tertiary/aromatic N) is 2. The lowest BCUT2D eigenvalue weighted by atomic mass is 10.2. The maximum Gasteiger partial charge on any atom is 0.309 e. The Hall–Kier alpha value is -1.62. The molecule has 1 N–H and O–H groups in total. The van der Waals surface area contributed by atoms with Gasteiger partial charge in [0.25, 0.3) is 0 Å². The van der Waals surface area contributed by atoms with Gasteiger partial charge in [-0.05, 0) is 19.1 Å². The lowest BCUT2D eigenvalue weighted by Crippen LogP contribution is -2.07. The molecule has 0 aliphatic heterocycles. The minimum Gasteiger partial charge on any atom is -0.481 e. The molecule has 4 nitrogen and oxygen atoms in total. The Morgan fingerprint density at radius 3 is 2.83 bits per heavy atom. The molecule has 0 bridgehead atoms. The molecule has 0 unspecified atom stereocenters. The van der Waals surface area contributed by atoms with Crippen LogP contribution in [0, 0.1) is 6.92 Å². The molecule has 0 fully saturated rings. The predicted octanol–water partition coefficient (Wildman–Crippen LogP) is 2.79. The van der Waals surface area contributed by atoms with Crippen LogP contribution in [0.3, 0.4) is 0 Å². The van der Waals surface area contributed by atoms with E-state index in [4.69, 9.17) is 5.11 Å². The summed E-state index contributed by atoms with van der Waals surface area (Å²) < 4.78 is 2.81. The van der Waals surface area contributed by atoms with Gasteiger partial charge in [-0.1, -0.05) is 28.1 Å². The Balaban J connectivity index is 2.50. The summed E-state index contributed by atoms with van der Waals surface area (Å²) >= 11 is 3.42. The minimum absolute atomic E-state index is 0.0106. The van der Waals surface area contributed by atoms with Crippen molar-refractivity contribution >= 4 is 21.9 Å². The smallest absolute Gasteiger partial charge is 0.309 e. The first-order valence-electron chi connectivity index (χ1n) is 5.49. The molecule has 0 aliphatic carbocycles. The summed E-state index contributed by atoms with van der Waals surface area (Å²) in [6, 6.07) is 7.79. The highest BCUT2D eigenvalue weighted by Crippen LogP contribution is 2.24. The maximum atomic E-state index is 10.8. The van der Waals surface area contributed by atoms with Crippen LogP contribution in [0.2, 0.25) is 0 Å². The molecule has 0 atom stereocenters. The van der Waals surface area contributed by atoms with Crippen molar-refractivity contribution in [3.63, 3.8) is 0 Å². The number of imidazole rings is 1. The van der Waals surface area contributed by atoms with E-state index in [1.165, 1.54) is 0 Å². The quantitative estimate of drug-likeness (QED) is 0.948. The maximum absolute atomic E-state index is 10.8. The van der Waals surface area contributed by atoms with Crippen LogP contribution in [0.15, 0.2) is 28.7 Å². The molecule has 1 aromatic carbocycles. The van der Waals surface area contributed by atoms with E-state index in [0.717, 1.165) is 27.2 Å². The number of aromatic nitrogens is 2. The molecule has 0 radical (unpaired) electrons. The number of carboxylic acid groups (broad SMARTS) is 1.